The van der Waals surface area contributed by atoms with Crippen LogP contribution in [0, 0.1) is 5.92 Å². The van der Waals surface area contributed by atoms with E-state index in [1.54, 1.807) is 6.33 Å². The summed E-state index contributed by atoms with van der Waals surface area (Å²) in [6, 6.07) is 2.57. The van der Waals surface area contributed by atoms with Gasteiger partial charge in [0.2, 0.25) is 0 Å². The summed E-state index contributed by atoms with van der Waals surface area (Å²) >= 11 is 0. The average Bonchev–Trinajstić information content (AvgIpc) is 2.29. The Balaban J connectivity index is 1.61. The first-order valence-electron chi connectivity index (χ1n) is 6.82. The van der Waals surface area contributed by atoms with E-state index in [0.717, 1.165) is 37.2 Å². The van der Waals surface area contributed by atoms with Crippen LogP contribution in [0.15, 0.2) is 12.4 Å². The molecule has 5 heteroatoms. The van der Waals surface area contributed by atoms with Crippen LogP contribution in [0.2, 0.25) is 0 Å². The van der Waals surface area contributed by atoms with Gasteiger partial charge < -0.3 is 15.5 Å². The Morgan fingerprint density at radius 3 is 2.83 bits per heavy atom. The Morgan fingerprint density at radius 2 is 2.22 bits per heavy atom. The van der Waals surface area contributed by atoms with E-state index in [4.69, 9.17) is 0 Å². The van der Waals surface area contributed by atoms with Gasteiger partial charge in [0.1, 0.15) is 18.0 Å². The molecule has 0 aromatic carbocycles. The number of rotatable bonds is 5. The molecule has 0 atom stereocenters. The van der Waals surface area contributed by atoms with Crippen molar-refractivity contribution in [3.05, 3.63) is 12.4 Å². The predicted molar refractivity (Wildman–Crippen MR) is 72.9 cm³/mol. The lowest BCUT2D eigenvalue weighted by atomic mass is 9.85. The molecular formula is C13H21N5. The number of hydrogen-bond donors (Lipinski definition) is 2. The van der Waals surface area contributed by atoms with Gasteiger partial charge in [-0.25, -0.2) is 9.97 Å². The molecule has 98 valence electrons. The highest BCUT2D eigenvalue weighted by atomic mass is 15.2. The molecule has 2 aliphatic rings. The van der Waals surface area contributed by atoms with Gasteiger partial charge in [-0.3, -0.25) is 0 Å². The molecule has 1 saturated carbocycles. The van der Waals surface area contributed by atoms with Crippen molar-refractivity contribution in [1.29, 1.82) is 0 Å². The van der Waals surface area contributed by atoms with Crippen molar-refractivity contribution in [1.82, 2.24) is 15.3 Å². The smallest absolute Gasteiger partial charge is 0.133 e. The van der Waals surface area contributed by atoms with Crippen LogP contribution in [-0.4, -0.2) is 42.7 Å². The van der Waals surface area contributed by atoms with Crippen molar-refractivity contribution in [2.45, 2.75) is 25.3 Å². The molecular weight excluding hydrogens is 226 g/mol. The van der Waals surface area contributed by atoms with Gasteiger partial charge in [0.15, 0.2) is 0 Å². The third-order valence-electron chi connectivity index (χ3n) is 3.93. The minimum atomic E-state index is 0.518. The van der Waals surface area contributed by atoms with E-state index in [1.165, 1.54) is 19.3 Å². The first-order chi connectivity index (χ1) is 8.81. The van der Waals surface area contributed by atoms with Gasteiger partial charge in [-0.15, -0.1) is 0 Å². The summed E-state index contributed by atoms with van der Waals surface area (Å²) in [4.78, 5) is 10.9. The molecule has 0 unspecified atom stereocenters. The molecule has 0 amide bonds. The Morgan fingerprint density at radius 1 is 1.39 bits per heavy atom. The number of nitrogens with zero attached hydrogens (tertiary/aromatic N) is 3. The van der Waals surface area contributed by atoms with Crippen LogP contribution in [0.1, 0.15) is 19.3 Å². The molecule has 1 aliphatic heterocycles. The van der Waals surface area contributed by atoms with E-state index in [1.807, 2.05) is 0 Å². The normalized spacial score (nSPS) is 20.1. The average molecular weight is 247 g/mol. The van der Waals surface area contributed by atoms with Crippen LogP contribution in [0.4, 0.5) is 11.6 Å². The quantitative estimate of drug-likeness (QED) is 0.816. The first kappa shape index (κ1) is 11.7. The monoisotopic (exact) mass is 247 g/mol. The van der Waals surface area contributed by atoms with Crippen molar-refractivity contribution in [3.8, 4) is 0 Å². The molecule has 2 N–H and O–H groups in total. The van der Waals surface area contributed by atoms with Gasteiger partial charge >= 0.3 is 0 Å². The first-order valence-corrected chi connectivity index (χ1v) is 6.82. The van der Waals surface area contributed by atoms with Crippen molar-refractivity contribution in [2.75, 3.05) is 36.9 Å². The van der Waals surface area contributed by atoms with E-state index in [-0.39, 0.29) is 0 Å². The van der Waals surface area contributed by atoms with Gasteiger partial charge in [-0.1, -0.05) is 6.42 Å². The number of anilines is 2. The zero-order chi connectivity index (χ0) is 12.4. The van der Waals surface area contributed by atoms with E-state index in [2.05, 4.69) is 38.6 Å². The summed E-state index contributed by atoms with van der Waals surface area (Å²) in [7, 11) is 2.12. The van der Waals surface area contributed by atoms with Crippen LogP contribution in [-0.2, 0) is 0 Å². The summed E-state index contributed by atoms with van der Waals surface area (Å²) in [6.45, 7) is 3.16. The number of aromatic nitrogens is 2. The third-order valence-corrected chi connectivity index (χ3v) is 3.93. The molecule has 3 rings (SSSR count). The Labute approximate surface area is 108 Å². The molecule has 1 aromatic heterocycles. The summed E-state index contributed by atoms with van der Waals surface area (Å²) < 4.78 is 0. The number of nitrogens with one attached hydrogen (secondary N) is 2. The van der Waals surface area contributed by atoms with Gasteiger partial charge in [0.05, 0.1) is 6.04 Å². The SMILES string of the molecule is CN(CC1CCC1)c1cc(NC2CNC2)ncn1. The van der Waals surface area contributed by atoms with Crippen LogP contribution in [0.25, 0.3) is 0 Å². The lowest BCUT2D eigenvalue weighted by Crippen LogP contribution is -2.51. The molecule has 1 aromatic rings. The van der Waals surface area contributed by atoms with Crippen molar-refractivity contribution in [2.24, 2.45) is 5.92 Å². The fourth-order valence-electron chi connectivity index (χ4n) is 2.39. The maximum absolute atomic E-state index is 4.36. The summed E-state index contributed by atoms with van der Waals surface area (Å²) in [6.07, 6.45) is 5.79. The molecule has 5 nitrogen and oxygen atoms in total. The molecule has 2 fully saturated rings. The number of hydrogen-bond acceptors (Lipinski definition) is 5. The molecule has 2 heterocycles. The van der Waals surface area contributed by atoms with Gasteiger partial charge in [0.25, 0.3) is 0 Å². The summed E-state index contributed by atoms with van der Waals surface area (Å²) in [5.41, 5.74) is 0. The van der Waals surface area contributed by atoms with Crippen LogP contribution < -0.4 is 15.5 Å². The van der Waals surface area contributed by atoms with E-state index >= 15 is 0 Å². The molecule has 0 spiro atoms. The maximum Gasteiger partial charge on any atom is 0.133 e. The van der Waals surface area contributed by atoms with Crippen LogP contribution in [0.3, 0.4) is 0 Å². The van der Waals surface area contributed by atoms with E-state index in [0.29, 0.717) is 6.04 Å². The Bertz CT molecular complexity index is 400. The molecule has 0 radical (unpaired) electrons. The van der Waals surface area contributed by atoms with Crippen LogP contribution >= 0.6 is 0 Å². The highest BCUT2D eigenvalue weighted by molar-refractivity contribution is 5.48. The van der Waals surface area contributed by atoms with Gasteiger partial charge in [-0.05, 0) is 18.8 Å². The zero-order valence-electron chi connectivity index (χ0n) is 10.9. The predicted octanol–water partition coefficient (Wildman–Crippen LogP) is 1.10. The summed E-state index contributed by atoms with van der Waals surface area (Å²) in [5, 5.41) is 6.66. The minimum Gasteiger partial charge on any atom is -0.365 e. The third kappa shape index (κ3) is 2.56. The summed E-state index contributed by atoms with van der Waals surface area (Å²) in [5.74, 6) is 2.82. The fraction of sp³-hybridized carbons (Fsp3) is 0.692. The lowest BCUT2D eigenvalue weighted by Gasteiger charge is -2.31. The molecule has 1 saturated heterocycles. The van der Waals surface area contributed by atoms with Crippen molar-refractivity contribution >= 4 is 11.6 Å². The highest BCUT2D eigenvalue weighted by Crippen LogP contribution is 2.28. The second-order valence-electron chi connectivity index (χ2n) is 5.44. The molecule has 0 bridgehead atoms. The second-order valence-corrected chi connectivity index (χ2v) is 5.44. The topological polar surface area (TPSA) is 53.1 Å². The Hall–Kier alpha value is -1.36. The van der Waals surface area contributed by atoms with Crippen molar-refractivity contribution in [3.63, 3.8) is 0 Å². The fourth-order valence-corrected chi connectivity index (χ4v) is 2.39. The van der Waals surface area contributed by atoms with E-state index < -0.39 is 0 Å². The van der Waals surface area contributed by atoms with Crippen molar-refractivity contribution < 1.29 is 0 Å². The van der Waals surface area contributed by atoms with E-state index in [9.17, 15) is 0 Å². The minimum absolute atomic E-state index is 0.518. The van der Waals surface area contributed by atoms with Crippen LogP contribution in [0.5, 0.6) is 0 Å². The van der Waals surface area contributed by atoms with Gasteiger partial charge in [-0.2, -0.15) is 0 Å². The standard InChI is InChI=1S/C13H21N5/c1-18(8-10-3-2-4-10)13-5-12(15-9-16-13)17-11-6-14-7-11/h5,9-11,14H,2-4,6-8H2,1H3,(H,15,16,17). The second kappa shape index (κ2) is 5.10. The zero-order valence-corrected chi connectivity index (χ0v) is 10.9. The highest BCUT2D eigenvalue weighted by Gasteiger charge is 2.20. The molecule has 1 aliphatic carbocycles. The molecule has 18 heavy (non-hydrogen) atoms. The lowest BCUT2D eigenvalue weighted by molar-refractivity contribution is 0.321. The largest absolute Gasteiger partial charge is 0.365 e. The van der Waals surface area contributed by atoms with Gasteiger partial charge in [0, 0.05) is 32.7 Å². The maximum atomic E-state index is 4.36. The Kier molecular flexibility index (Phi) is 3.32.